The number of carbonyl (C=O) groups is 1. The minimum absolute atomic E-state index is 0.0596. The van der Waals surface area contributed by atoms with Gasteiger partial charge in [0.2, 0.25) is 5.91 Å². The molecule has 3 heteroatoms. The maximum absolute atomic E-state index is 11.0. The van der Waals surface area contributed by atoms with Crippen molar-refractivity contribution in [2.75, 3.05) is 13.1 Å². The fourth-order valence-corrected chi connectivity index (χ4v) is 1.63. The molecule has 0 aromatic rings. The molecule has 0 bridgehead atoms. The van der Waals surface area contributed by atoms with E-state index in [1.807, 2.05) is 0 Å². The molecule has 0 unspecified atom stereocenters. The second kappa shape index (κ2) is 4.42. The number of nitrogens with one attached hydrogen (secondary N) is 1. The first-order valence-electron chi connectivity index (χ1n) is 4.80. The Balaban J connectivity index is 2.33. The van der Waals surface area contributed by atoms with Crippen molar-refractivity contribution in [1.29, 1.82) is 0 Å². The normalized spacial score (nSPS) is 23.5. The van der Waals surface area contributed by atoms with Gasteiger partial charge < -0.3 is 5.32 Å². The molecule has 1 saturated heterocycles. The quantitative estimate of drug-likeness (QED) is 0.654. The van der Waals surface area contributed by atoms with Gasteiger partial charge in [-0.15, -0.1) is 0 Å². The van der Waals surface area contributed by atoms with Crippen molar-refractivity contribution in [3.63, 3.8) is 0 Å². The highest BCUT2D eigenvalue weighted by Gasteiger charge is 2.24. The highest BCUT2D eigenvalue weighted by molar-refractivity contribution is 5.87. The first-order chi connectivity index (χ1) is 6.13. The number of likely N-dealkylation sites (tertiary alicyclic amines) is 1. The molecule has 1 heterocycles. The van der Waals surface area contributed by atoms with E-state index in [9.17, 15) is 4.79 Å². The molecule has 0 aromatic carbocycles. The van der Waals surface area contributed by atoms with E-state index >= 15 is 0 Å². The molecule has 0 saturated carbocycles. The molecule has 1 atom stereocenters. The van der Waals surface area contributed by atoms with Crippen LogP contribution < -0.4 is 5.32 Å². The summed E-state index contributed by atoms with van der Waals surface area (Å²) in [5.41, 5.74) is 0. The van der Waals surface area contributed by atoms with Gasteiger partial charge in [-0.3, -0.25) is 9.69 Å². The molecule has 1 fully saturated rings. The smallest absolute Gasteiger partial charge is 0.243 e. The molecule has 13 heavy (non-hydrogen) atoms. The van der Waals surface area contributed by atoms with E-state index in [2.05, 4.69) is 30.6 Å². The van der Waals surface area contributed by atoms with Gasteiger partial charge in [-0.25, -0.2) is 0 Å². The number of carbonyl (C=O) groups excluding carboxylic acids is 1. The van der Waals surface area contributed by atoms with Crippen molar-refractivity contribution in [2.45, 2.75) is 32.4 Å². The van der Waals surface area contributed by atoms with E-state index in [0.717, 1.165) is 19.5 Å². The van der Waals surface area contributed by atoms with Gasteiger partial charge in [0.15, 0.2) is 0 Å². The second-order valence-corrected chi connectivity index (χ2v) is 3.79. The van der Waals surface area contributed by atoms with Crippen LogP contribution in [0.15, 0.2) is 12.7 Å². The summed E-state index contributed by atoms with van der Waals surface area (Å²) < 4.78 is 0. The topological polar surface area (TPSA) is 32.3 Å². The van der Waals surface area contributed by atoms with Crippen molar-refractivity contribution < 1.29 is 4.79 Å². The number of hydrogen-bond acceptors (Lipinski definition) is 2. The van der Waals surface area contributed by atoms with Crippen molar-refractivity contribution in [1.82, 2.24) is 10.2 Å². The molecule has 74 valence electrons. The SMILES string of the molecule is C=CC(=O)N[C@@H]1CCN(C(C)C)C1. The fourth-order valence-electron chi connectivity index (χ4n) is 1.63. The zero-order valence-electron chi connectivity index (χ0n) is 8.42. The van der Waals surface area contributed by atoms with Crippen LogP contribution in [0.3, 0.4) is 0 Å². The zero-order valence-corrected chi connectivity index (χ0v) is 8.42. The van der Waals surface area contributed by atoms with Crippen LogP contribution in [-0.4, -0.2) is 36.0 Å². The number of nitrogens with zero attached hydrogens (tertiary/aromatic N) is 1. The molecule has 0 radical (unpaired) electrons. The molecular formula is C10H18N2O. The molecule has 1 N–H and O–H groups in total. The summed E-state index contributed by atoms with van der Waals surface area (Å²) in [6.45, 7) is 9.84. The first kappa shape index (κ1) is 10.3. The molecule has 0 aliphatic carbocycles. The maximum Gasteiger partial charge on any atom is 0.243 e. The largest absolute Gasteiger partial charge is 0.349 e. The van der Waals surface area contributed by atoms with E-state index in [0.29, 0.717) is 12.1 Å². The Morgan fingerprint density at radius 2 is 2.38 bits per heavy atom. The van der Waals surface area contributed by atoms with Crippen LogP contribution in [0.4, 0.5) is 0 Å². The monoisotopic (exact) mass is 182 g/mol. The van der Waals surface area contributed by atoms with Gasteiger partial charge in [0.25, 0.3) is 0 Å². The minimum Gasteiger partial charge on any atom is -0.349 e. The standard InChI is InChI=1S/C10H18N2O/c1-4-10(13)11-9-5-6-12(7-9)8(2)3/h4,8-9H,1,5-7H2,2-3H3,(H,11,13)/t9-/m1/s1. The van der Waals surface area contributed by atoms with Gasteiger partial charge in [0.1, 0.15) is 0 Å². The lowest BCUT2D eigenvalue weighted by Crippen LogP contribution is -2.37. The third-order valence-electron chi connectivity index (χ3n) is 2.48. The summed E-state index contributed by atoms with van der Waals surface area (Å²) >= 11 is 0. The van der Waals surface area contributed by atoms with Crippen molar-refractivity contribution in [3.8, 4) is 0 Å². The van der Waals surface area contributed by atoms with Crippen LogP contribution in [-0.2, 0) is 4.79 Å². The van der Waals surface area contributed by atoms with E-state index in [1.165, 1.54) is 6.08 Å². The highest BCUT2D eigenvalue weighted by Crippen LogP contribution is 2.11. The molecular weight excluding hydrogens is 164 g/mol. The molecule has 1 aliphatic heterocycles. The Labute approximate surface area is 79.8 Å². The van der Waals surface area contributed by atoms with Crippen LogP contribution in [0, 0.1) is 0 Å². The molecule has 0 aromatic heterocycles. The predicted octanol–water partition coefficient (Wildman–Crippen LogP) is 0.771. The minimum atomic E-state index is -0.0596. The van der Waals surface area contributed by atoms with Gasteiger partial charge in [-0.05, 0) is 26.3 Å². The average molecular weight is 182 g/mol. The number of amides is 1. The van der Waals surface area contributed by atoms with Gasteiger partial charge in [0.05, 0.1) is 0 Å². The van der Waals surface area contributed by atoms with E-state index in [1.54, 1.807) is 0 Å². The molecule has 1 amide bonds. The van der Waals surface area contributed by atoms with Crippen LogP contribution in [0.2, 0.25) is 0 Å². The van der Waals surface area contributed by atoms with Crippen LogP contribution in [0.25, 0.3) is 0 Å². The van der Waals surface area contributed by atoms with Crippen molar-refractivity contribution >= 4 is 5.91 Å². The van der Waals surface area contributed by atoms with Crippen LogP contribution in [0.1, 0.15) is 20.3 Å². The summed E-state index contributed by atoms with van der Waals surface area (Å²) in [6, 6.07) is 0.888. The maximum atomic E-state index is 11.0. The van der Waals surface area contributed by atoms with E-state index in [4.69, 9.17) is 0 Å². The number of rotatable bonds is 3. The fraction of sp³-hybridized carbons (Fsp3) is 0.700. The van der Waals surface area contributed by atoms with Crippen molar-refractivity contribution in [3.05, 3.63) is 12.7 Å². The van der Waals surface area contributed by atoms with Crippen molar-refractivity contribution in [2.24, 2.45) is 0 Å². The Morgan fingerprint density at radius 1 is 1.69 bits per heavy atom. The van der Waals surface area contributed by atoms with Crippen LogP contribution in [0.5, 0.6) is 0 Å². The summed E-state index contributed by atoms with van der Waals surface area (Å²) in [7, 11) is 0. The first-order valence-corrected chi connectivity index (χ1v) is 4.80. The summed E-state index contributed by atoms with van der Waals surface area (Å²) in [4.78, 5) is 13.4. The zero-order chi connectivity index (χ0) is 9.84. The molecule has 3 nitrogen and oxygen atoms in total. The lowest BCUT2D eigenvalue weighted by Gasteiger charge is -2.20. The predicted molar refractivity (Wildman–Crippen MR) is 53.5 cm³/mol. The van der Waals surface area contributed by atoms with Crippen LogP contribution >= 0.6 is 0 Å². The third kappa shape index (κ3) is 2.84. The summed E-state index contributed by atoms with van der Waals surface area (Å²) in [6.07, 6.45) is 2.38. The molecule has 1 aliphatic rings. The van der Waals surface area contributed by atoms with E-state index in [-0.39, 0.29) is 5.91 Å². The number of hydrogen-bond donors (Lipinski definition) is 1. The second-order valence-electron chi connectivity index (χ2n) is 3.79. The Kier molecular flexibility index (Phi) is 3.48. The molecule has 0 spiro atoms. The lowest BCUT2D eigenvalue weighted by atomic mass is 10.2. The summed E-state index contributed by atoms with van der Waals surface area (Å²) in [5.74, 6) is -0.0596. The van der Waals surface area contributed by atoms with Gasteiger partial charge in [-0.2, -0.15) is 0 Å². The highest BCUT2D eigenvalue weighted by atomic mass is 16.1. The van der Waals surface area contributed by atoms with Gasteiger partial charge in [0, 0.05) is 25.2 Å². The summed E-state index contributed by atoms with van der Waals surface area (Å²) in [5, 5.41) is 2.91. The molecule has 1 rings (SSSR count). The third-order valence-corrected chi connectivity index (χ3v) is 2.48. The van der Waals surface area contributed by atoms with E-state index < -0.39 is 0 Å². The van der Waals surface area contributed by atoms with Gasteiger partial charge in [-0.1, -0.05) is 6.58 Å². The average Bonchev–Trinajstić information content (AvgIpc) is 2.52. The Bertz CT molecular complexity index is 201. The Morgan fingerprint density at radius 3 is 2.85 bits per heavy atom. The van der Waals surface area contributed by atoms with Gasteiger partial charge >= 0.3 is 0 Å². The lowest BCUT2D eigenvalue weighted by molar-refractivity contribution is -0.117. The Hall–Kier alpha value is -0.830.